The van der Waals surface area contributed by atoms with Gasteiger partial charge in [0.1, 0.15) is 0 Å². The number of nitrogens with one attached hydrogen (secondary N) is 1. The van der Waals surface area contributed by atoms with Gasteiger partial charge in [0.25, 0.3) is 0 Å². The summed E-state index contributed by atoms with van der Waals surface area (Å²) in [5.41, 5.74) is 0. The van der Waals surface area contributed by atoms with Crippen LogP contribution in [0.1, 0.15) is 39.5 Å². The van der Waals surface area contributed by atoms with E-state index in [2.05, 4.69) is 24.1 Å². The van der Waals surface area contributed by atoms with E-state index in [4.69, 9.17) is 0 Å². The summed E-state index contributed by atoms with van der Waals surface area (Å²) in [6.45, 7) is 9.48. The molecular formula is C11H26N2. The van der Waals surface area contributed by atoms with E-state index < -0.39 is 0 Å². The Labute approximate surface area is 83.7 Å². The molecule has 0 unspecified atom stereocenters. The van der Waals surface area contributed by atoms with Crippen LogP contribution in [0.2, 0.25) is 0 Å². The van der Waals surface area contributed by atoms with Crippen molar-refractivity contribution in [1.82, 2.24) is 10.2 Å². The average Bonchev–Trinajstić information content (AvgIpc) is 2.14. The Bertz CT molecular complexity index is 94.1. The molecule has 80 valence electrons. The van der Waals surface area contributed by atoms with Crippen molar-refractivity contribution in [1.29, 1.82) is 0 Å². The standard InChI is InChI=1S/C11H26N2/c1-4-6-10-13(9-5-2)11-7-8-12-3/h12H,4-11H2,1-3H3. The van der Waals surface area contributed by atoms with Crippen molar-refractivity contribution in [2.24, 2.45) is 0 Å². The Kier molecular flexibility index (Phi) is 9.94. The molecule has 0 saturated carbocycles. The molecule has 13 heavy (non-hydrogen) atoms. The molecule has 0 radical (unpaired) electrons. The highest BCUT2D eigenvalue weighted by Crippen LogP contribution is 1.97. The Balaban J connectivity index is 3.41. The largest absolute Gasteiger partial charge is 0.320 e. The van der Waals surface area contributed by atoms with E-state index >= 15 is 0 Å². The minimum Gasteiger partial charge on any atom is -0.320 e. The Morgan fingerprint density at radius 2 is 1.62 bits per heavy atom. The fraction of sp³-hybridized carbons (Fsp3) is 1.00. The summed E-state index contributed by atoms with van der Waals surface area (Å²) >= 11 is 0. The van der Waals surface area contributed by atoms with Crippen molar-refractivity contribution in [2.75, 3.05) is 33.2 Å². The molecule has 1 N–H and O–H groups in total. The number of hydrogen-bond acceptors (Lipinski definition) is 2. The smallest absolute Gasteiger partial charge is 0.000664 e. The Morgan fingerprint density at radius 3 is 2.15 bits per heavy atom. The summed E-state index contributed by atoms with van der Waals surface area (Å²) in [7, 11) is 2.02. The van der Waals surface area contributed by atoms with Crippen molar-refractivity contribution in [3.63, 3.8) is 0 Å². The first kappa shape index (κ1) is 12.9. The van der Waals surface area contributed by atoms with Crippen LogP contribution in [-0.4, -0.2) is 38.1 Å². The molecule has 0 aromatic heterocycles. The summed E-state index contributed by atoms with van der Waals surface area (Å²) in [5, 5.41) is 3.19. The van der Waals surface area contributed by atoms with E-state index in [1.807, 2.05) is 7.05 Å². The maximum Gasteiger partial charge on any atom is -0.000664 e. The van der Waals surface area contributed by atoms with E-state index in [9.17, 15) is 0 Å². The van der Waals surface area contributed by atoms with E-state index in [0.717, 1.165) is 6.54 Å². The first-order valence-electron chi connectivity index (χ1n) is 5.72. The van der Waals surface area contributed by atoms with Gasteiger partial charge >= 0.3 is 0 Å². The van der Waals surface area contributed by atoms with Gasteiger partial charge in [-0.2, -0.15) is 0 Å². The van der Waals surface area contributed by atoms with Crippen LogP contribution in [0.25, 0.3) is 0 Å². The number of hydrogen-bond donors (Lipinski definition) is 1. The molecule has 0 spiro atoms. The van der Waals surface area contributed by atoms with Gasteiger partial charge in [0, 0.05) is 0 Å². The highest BCUT2D eigenvalue weighted by atomic mass is 15.1. The number of nitrogens with zero attached hydrogens (tertiary/aromatic N) is 1. The van der Waals surface area contributed by atoms with E-state index in [0.29, 0.717) is 0 Å². The van der Waals surface area contributed by atoms with Gasteiger partial charge in [-0.3, -0.25) is 0 Å². The van der Waals surface area contributed by atoms with Crippen LogP contribution in [0.15, 0.2) is 0 Å². The van der Waals surface area contributed by atoms with Gasteiger partial charge < -0.3 is 10.2 Å². The summed E-state index contributed by atoms with van der Waals surface area (Å²) in [6, 6.07) is 0. The van der Waals surface area contributed by atoms with Crippen LogP contribution in [0.5, 0.6) is 0 Å². The van der Waals surface area contributed by atoms with E-state index in [-0.39, 0.29) is 0 Å². The third kappa shape index (κ3) is 8.26. The fourth-order valence-electron chi connectivity index (χ4n) is 1.51. The van der Waals surface area contributed by atoms with Crippen LogP contribution < -0.4 is 5.32 Å². The van der Waals surface area contributed by atoms with Crippen molar-refractivity contribution in [2.45, 2.75) is 39.5 Å². The minimum absolute atomic E-state index is 1.15. The summed E-state index contributed by atoms with van der Waals surface area (Å²) in [6.07, 6.45) is 5.22. The fourth-order valence-corrected chi connectivity index (χ4v) is 1.51. The van der Waals surface area contributed by atoms with Crippen LogP contribution >= 0.6 is 0 Å². The molecule has 0 amide bonds. The molecule has 0 heterocycles. The summed E-state index contributed by atoms with van der Waals surface area (Å²) < 4.78 is 0. The molecule has 2 nitrogen and oxygen atoms in total. The van der Waals surface area contributed by atoms with Crippen LogP contribution in [0, 0.1) is 0 Å². The monoisotopic (exact) mass is 186 g/mol. The molecule has 0 aromatic carbocycles. The first-order valence-corrected chi connectivity index (χ1v) is 5.72. The van der Waals surface area contributed by atoms with Crippen LogP contribution in [0.4, 0.5) is 0 Å². The molecule has 2 heteroatoms. The van der Waals surface area contributed by atoms with Crippen LogP contribution in [-0.2, 0) is 0 Å². The zero-order chi connectivity index (χ0) is 9.94. The third-order valence-corrected chi connectivity index (χ3v) is 2.27. The zero-order valence-corrected chi connectivity index (χ0v) is 9.60. The second kappa shape index (κ2) is 10.0. The van der Waals surface area contributed by atoms with Crippen molar-refractivity contribution < 1.29 is 0 Å². The second-order valence-corrected chi connectivity index (χ2v) is 3.65. The van der Waals surface area contributed by atoms with E-state index in [1.54, 1.807) is 0 Å². The molecule has 0 fully saturated rings. The maximum atomic E-state index is 3.19. The van der Waals surface area contributed by atoms with Gasteiger partial charge in [0.05, 0.1) is 0 Å². The van der Waals surface area contributed by atoms with Gasteiger partial charge in [-0.05, 0) is 52.5 Å². The van der Waals surface area contributed by atoms with Crippen LogP contribution in [0.3, 0.4) is 0 Å². The topological polar surface area (TPSA) is 15.3 Å². The molecule has 0 bridgehead atoms. The number of unbranched alkanes of at least 4 members (excludes halogenated alkanes) is 1. The van der Waals surface area contributed by atoms with Crippen molar-refractivity contribution >= 4 is 0 Å². The highest BCUT2D eigenvalue weighted by Gasteiger charge is 2.01. The van der Waals surface area contributed by atoms with Gasteiger partial charge in [0.15, 0.2) is 0 Å². The van der Waals surface area contributed by atoms with Crippen molar-refractivity contribution in [3.8, 4) is 0 Å². The zero-order valence-electron chi connectivity index (χ0n) is 9.60. The lowest BCUT2D eigenvalue weighted by Crippen LogP contribution is -2.28. The lowest BCUT2D eigenvalue weighted by Gasteiger charge is -2.21. The van der Waals surface area contributed by atoms with Gasteiger partial charge in [-0.25, -0.2) is 0 Å². The lowest BCUT2D eigenvalue weighted by molar-refractivity contribution is 0.266. The third-order valence-electron chi connectivity index (χ3n) is 2.27. The predicted molar refractivity (Wildman–Crippen MR) is 60.2 cm³/mol. The Morgan fingerprint density at radius 1 is 0.923 bits per heavy atom. The molecule has 0 rings (SSSR count). The molecule has 0 atom stereocenters. The molecular weight excluding hydrogens is 160 g/mol. The predicted octanol–water partition coefficient (Wildman–Crippen LogP) is 2.11. The quantitative estimate of drug-likeness (QED) is 0.555. The Hall–Kier alpha value is -0.0800. The van der Waals surface area contributed by atoms with Gasteiger partial charge in [-0.15, -0.1) is 0 Å². The van der Waals surface area contributed by atoms with E-state index in [1.165, 1.54) is 45.3 Å². The highest BCUT2D eigenvalue weighted by molar-refractivity contribution is 4.57. The SMILES string of the molecule is CCCCN(CCC)CCCNC. The number of rotatable bonds is 9. The summed E-state index contributed by atoms with van der Waals surface area (Å²) in [4.78, 5) is 2.58. The molecule has 0 aliphatic rings. The van der Waals surface area contributed by atoms with Crippen molar-refractivity contribution in [3.05, 3.63) is 0 Å². The molecule has 0 aliphatic carbocycles. The molecule has 0 aliphatic heterocycles. The normalized spacial score (nSPS) is 11.1. The average molecular weight is 186 g/mol. The minimum atomic E-state index is 1.15. The maximum absolute atomic E-state index is 3.19. The van der Waals surface area contributed by atoms with Gasteiger partial charge in [0.2, 0.25) is 0 Å². The first-order chi connectivity index (χ1) is 6.35. The lowest BCUT2D eigenvalue weighted by atomic mass is 10.3. The van der Waals surface area contributed by atoms with Gasteiger partial charge in [-0.1, -0.05) is 20.3 Å². The second-order valence-electron chi connectivity index (χ2n) is 3.65. The molecule has 0 saturated heterocycles. The summed E-state index contributed by atoms with van der Waals surface area (Å²) in [5.74, 6) is 0. The molecule has 0 aromatic rings.